The van der Waals surface area contributed by atoms with Crippen LogP contribution in [-0.2, 0) is 19.1 Å². The van der Waals surface area contributed by atoms with Crippen molar-refractivity contribution in [3.8, 4) is 0 Å². The summed E-state index contributed by atoms with van der Waals surface area (Å²) in [5.74, 6) is -0.443. The average molecular weight is 426 g/mol. The van der Waals surface area contributed by atoms with Crippen molar-refractivity contribution >= 4 is 18.0 Å². The molecule has 0 unspecified atom stereocenters. The molecule has 0 saturated carbocycles. The standard InChI is InChI=1S/C22H39N3O5/c1-15-13-23-14-22(15,12-17(26)29-20(2,3)4)18(27)24-16-8-10-25(11-9-16)19(28)30-21(5,6)7/h15-16,23H,8-14H2,1-7H3,(H,24,27)/t15-,22+/m0/s1. The normalized spacial score (nSPS) is 25.7. The predicted octanol–water partition coefficient (Wildman–Crippen LogP) is 2.46. The molecule has 0 aliphatic carbocycles. The molecule has 2 aliphatic heterocycles. The average Bonchev–Trinajstić information content (AvgIpc) is 2.93. The van der Waals surface area contributed by atoms with Crippen LogP contribution in [0, 0.1) is 11.3 Å². The number of rotatable bonds is 4. The van der Waals surface area contributed by atoms with Crippen molar-refractivity contribution in [1.29, 1.82) is 0 Å². The maximum absolute atomic E-state index is 13.3. The molecule has 172 valence electrons. The van der Waals surface area contributed by atoms with Crippen LogP contribution in [0.15, 0.2) is 0 Å². The van der Waals surface area contributed by atoms with Gasteiger partial charge in [-0.05, 0) is 66.8 Å². The Morgan fingerprint density at radius 1 is 1.03 bits per heavy atom. The van der Waals surface area contributed by atoms with Crippen LogP contribution in [0.3, 0.4) is 0 Å². The minimum atomic E-state index is -0.815. The first kappa shape index (κ1) is 24.4. The van der Waals surface area contributed by atoms with E-state index in [0.717, 1.165) is 0 Å². The molecule has 0 aromatic heterocycles. The van der Waals surface area contributed by atoms with E-state index in [-0.39, 0.29) is 36.4 Å². The molecule has 0 aromatic rings. The van der Waals surface area contributed by atoms with Gasteiger partial charge >= 0.3 is 12.1 Å². The monoisotopic (exact) mass is 425 g/mol. The van der Waals surface area contributed by atoms with E-state index in [1.165, 1.54) is 0 Å². The highest BCUT2D eigenvalue weighted by Gasteiger charge is 2.49. The zero-order chi connectivity index (χ0) is 22.7. The highest BCUT2D eigenvalue weighted by Crippen LogP contribution is 2.36. The van der Waals surface area contributed by atoms with Crippen LogP contribution < -0.4 is 10.6 Å². The van der Waals surface area contributed by atoms with Crippen LogP contribution in [0.1, 0.15) is 67.7 Å². The molecule has 2 saturated heterocycles. The van der Waals surface area contributed by atoms with Crippen molar-refractivity contribution in [3.63, 3.8) is 0 Å². The third kappa shape index (κ3) is 6.59. The van der Waals surface area contributed by atoms with Crippen molar-refractivity contribution in [2.24, 2.45) is 11.3 Å². The lowest BCUT2D eigenvalue weighted by Crippen LogP contribution is -2.53. The Bertz CT molecular complexity index is 644. The van der Waals surface area contributed by atoms with E-state index in [1.807, 2.05) is 48.5 Å². The van der Waals surface area contributed by atoms with Crippen molar-refractivity contribution < 1.29 is 23.9 Å². The first-order valence-electron chi connectivity index (χ1n) is 10.9. The van der Waals surface area contributed by atoms with Crippen molar-refractivity contribution in [2.45, 2.75) is 85.0 Å². The summed E-state index contributed by atoms with van der Waals surface area (Å²) in [6.45, 7) is 15.2. The fraction of sp³-hybridized carbons (Fsp3) is 0.864. The van der Waals surface area contributed by atoms with Crippen LogP contribution >= 0.6 is 0 Å². The van der Waals surface area contributed by atoms with E-state index < -0.39 is 16.6 Å². The SMILES string of the molecule is C[C@H]1CNC[C@@]1(CC(=O)OC(C)(C)C)C(=O)NC1CCN(C(=O)OC(C)(C)C)CC1. The minimum absolute atomic E-state index is 0.0203. The molecule has 30 heavy (non-hydrogen) atoms. The molecule has 0 radical (unpaired) electrons. The predicted molar refractivity (Wildman–Crippen MR) is 114 cm³/mol. The molecular weight excluding hydrogens is 386 g/mol. The molecule has 8 nitrogen and oxygen atoms in total. The lowest BCUT2D eigenvalue weighted by Gasteiger charge is -2.37. The Morgan fingerprint density at radius 2 is 1.60 bits per heavy atom. The Balaban J connectivity index is 1.96. The molecule has 2 atom stereocenters. The summed E-state index contributed by atoms with van der Waals surface area (Å²) in [7, 11) is 0. The second-order valence-electron chi connectivity index (χ2n) is 10.7. The van der Waals surface area contributed by atoms with Crippen molar-refractivity contribution in [3.05, 3.63) is 0 Å². The molecule has 0 spiro atoms. The molecule has 0 aromatic carbocycles. The number of ether oxygens (including phenoxy) is 2. The Kier molecular flexibility index (Phi) is 7.43. The molecule has 2 fully saturated rings. The fourth-order valence-corrected chi connectivity index (χ4v) is 4.00. The molecule has 2 heterocycles. The first-order valence-corrected chi connectivity index (χ1v) is 10.9. The summed E-state index contributed by atoms with van der Waals surface area (Å²) in [4.78, 5) is 39.7. The third-order valence-corrected chi connectivity index (χ3v) is 5.65. The van der Waals surface area contributed by atoms with Gasteiger partial charge in [-0.1, -0.05) is 6.92 Å². The van der Waals surface area contributed by atoms with E-state index in [4.69, 9.17) is 9.47 Å². The molecule has 2 rings (SSSR count). The maximum Gasteiger partial charge on any atom is 0.410 e. The number of nitrogens with one attached hydrogen (secondary N) is 2. The van der Waals surface area contributed by atoms with Crippen molar-refractivity contribution in [1.82, 2.24) is 15.5 Å². The van der Waals surface area contributed by atoms with Gasteiger partial charge in [-0.2, -0.15) is 0 Å². The lowest BCUT2D eigenvalue weighted by molar-refractivity contribution is -0.161. The van der Waals surface area contributed by atoms with Gasteiger partial charge in [0.2, 0.25) is 5.91 Å². The van der Waals surface area contributed by atoms with Gasteiger partial charge in [-0.25, -0.2) is 4.79 Å². The molecular formula is C22H39N3O5. The Morgan fingerprint density at radius 3 is 2.07 bits per heavy atom. The van der Waals surface area contributed by atoms with E-state index >= 15 is 0 Å². The van der Waals surface area contributed by atoms with Crippen LogP contribution in [0.2, 0.25) is 0 Å². The molecule has 0 bridgehead atoms. The van der Waals surface area contributed by atoms with Gasteiger partial charge in [0.15, 0.2) is 0 Å². The summed E-state index contributed by atoms with van der Waals surface area (Å²) in [6, 6.07) is -0.0282. The summed E-state index contributed by atoms with van der Waals surface area (Å²) in [5, 5.41) is 6.40. The number of hydrogen-bond acceptors (Lipinski definition) is 6. The van der Waals surface area contributed by atoms with Crippen LogP contribution in [0.4, 0.5) is 4.79 Å². The number of carbonyl (C=O) groups is 3. The molecule has 2 N–H and O–H groups in total. The Labute approximate surface area is 180 Å². The van der Waals surface area contributed by atoms with Gasteiger partial charge in [0.1, 0.15) is 11.2 Å². The largest absolute Gasteiger partial charge is 0.460 e. The van der Waals surface area contributed by atoms with Gasteiger partial charge in [0, 0.05) is 25.7 Å². The van der Waals surface area contributed by atoms with Gasteiger partial charge in [0.25, 0.3) is 0 Å². The van der Waals surface area contributed by atoms with Crippen LogP contribution in [0.5, 0.6) is 0 Å². The van der Waals surface area contributed by atoms with Crippen LogP contribution in [0.25, 0.3) is 0 Å². The number of nitrogens with zero attached hydrogens (tertiary/aromatic N) is 1. The number of likely N-dealkylation sites (tertiary alicyclic amines) is 1. The number of hydrogen-bond donors (Lipinski definition) is 2. The fourth-order valence-electron chi connectivity index (χ4n) is 4.00. The summed E-state index contributed by atoms with van der Waals surface area (Å²) in [5.41, 5.74) is -1.93. The third-order valence-electron chi connectivity index (χ3n) is 5.65. The zero-order valence-electron chi connectivity index (χ0n) is 19.6. The van der Waals surface area contributed by atoms with E-state index in [9.17, 15) is 14.4 Å². The summed E-state index contributed by atoms with van der Waals surface area (Å²) in [6.07, 6.45) is 1.06. The number of piperidine rings is 1. The minimum Gasteiger partial charge on any atom is -0.460 e. The Hall–Kier alpha value is -1.83. The lowest BCUT2D eigenvalue weighted by atomic mass is 9.75. The summed E-state index contributed by atoms with van der Waals surface area (Å²) >= 11 is 0. The van der Waals surface area contributed by atoms with E-state index in [1.54, 1.807) is 4.90 Å². The second kappa shape index (κ2) is 9.12. The van der Waals surface area contributed by atoms with Crippen molar-refractivity contribution in [2.75, 3.05) is 26.2 Å². The highest BCUT2D eigenvalue weighted by atomic mass is 16.6. The highest BCUT2D eigenvalue weighted by molar-refractivity contribution is 5.88. The van der Waals surface area contributed by atoms with Gasteiger partial charge in [0.05, 0.1) is 11.8 Å². The first-order chi connectivity index (χ1) is 13.7. The molecule has 8 heteroatoms. The van der Waals surface area contributed by atoms with Crippen LogP contribution in [-0.4, -0.2) is 66.3 Å². The molecule has 2 amide bonds. The maximum atomic E-state index is 13.3. The number of amides is 2. The van der Waals surface area contributed by atoms with E-state index in [2.05, 4.69) is 10.6 Å². The topological polar surface area (TPSA) is 97.0 Å². The van der Waals surface area contributed by atoms with E-state index in [0.29, 0.717) is 39.0 Å². The summed E-state index contributed by atoms with van der Waals surface area (Å²) < 4.78 is 10.9. The van der Waals surface area contributed by atoms with Gasteiger partial charge in [-0.15, -0.1) is 0 Å². The quantitative estimate of drug-likeness (QED) is 0.672. The zero-order valence-corrected chi connectivity index (χ0v) is 19.6. The molecule has 2 aliphatic rings. The second-order valence-corrected chi connectivity index (χ2v) is 10.7. The van der Waals surface area contributed by atoms with Gasteiger partial charge in [-0.3, -0.25) is 9.59 Å². The smallest absolute Gasteiger partial charge is 0.410 e. The van der Waals surface area contributed by atoms with Gasteiger partial charge < -0.3 is 25.0 Å². The number of esters is 1. The number of carbonyl (C=O) groups excluding carboxylic acids is 3.